The Hall–Kier alpha value is -0.420. The number of halogens is 2. The highest BCUT2D eigenvalue weighted by atomic mass is 79.9. The molecule has 0 aliphatic carbocycles. The van der Waals surface area contributed by atoms with Gasteiger partial charge in [0, 0.05) is 15.8 Å². The van der Waals surface area contributed by atoms with Crippen LogP contribution in [0.2, 0.25) is 0 Å². The molecule has 0 saturated heterocycles. The molecule has 0 aliphatic rings. The van der Waals surface area contributed by atoms with E-state index in [4.69, 9.17) is 0 Å². The highest BCUT2D eigenvalue weighted by Crippen LogP contribution is 2.17. The van der Waals surface area contributed by atoms with E-state index in [-0.39, 0.29) is 17.1 Å². The van der Waals surface area contributed by atoms with Crippen molar-refractivity contribution < 1.29 is 12.8 Å². The van der Waals surface area contributed by atoms with E-state index in [1.54, 1.807) is 13.0 Å². The van der Waals surface area contributed by atoms with E-state index >= 15 is 0 Å². The lowest BCUT2D eigenvalue weighted by Gasteiger charge is -2.03. The summed E-state index contributed by atoms with van der Waals surface area (Å²) in [6, 6.07) is 4.37. The minimum absolute atomic E-state index is 0.0303. The van der Waals surface area contributed by atoms with Crippen LogP contribution in [0.1, 0.15) is 12.5 Å². The number of benzene rings is 1. The second-order valence-electron chi connectivity index (χ2n) is 2.91. The highest BCUT2D eigenvalue weighted by Gasteiger charge is 2.12. The molecule has 2 nitrogen and oxygen atoms in total. The maximum absolute atomic E-state index is 13.2. The first-order valence-electron chi connectivity index (χ1n) is 4.09. The van der Waals surface area contributed by atoms with Gasteiger partial charge in [0.2, 0.25) is 0 Å². The third-order valence-electron chi connectivity index (χ3n) is 1.83. The Morgan fingerprint density at radius 1 is 1.43 bits per heavy atom. The van der Waals surface area contributed by atoms with Gasteiger partial charge in [0.1, 0.15) is 5.82 Å². The molecule has 1 aromatic carbocycles. The van der Waals surface area contributed by atoms with Crippen molar-refractivity contribution in [2.45, 2.75) is 12.7 Å². The summed E-state index contributed by atoms with van der Waals surface area (Å²) in [6.07, 6.45) is 0. The Morgan fingerprint density at radius 3 is 2.57 bits per heavy atom. The van der Waals surface area contributed by atoms with Gasteiger partial charge in [0.25, 0.3) is 0 Å². The monoisotopic (exact) mass is 280 g/mol. The zero-order chi connectivity index (χ0) is 10.8. The van der Waals surface area contributed by atoms with Crippen molar-refractivity contribution in [3.8, 4) is 0 Å². The topological polar surface area (TPSA) is 34.1 Å². The fourth-order valence-corrected chi connectivity index (χ4v) is 2.22. The number of hydrogen-bond donors (Lipinski definition) is 0. The highest BCUT2D eigenvalue weighted by molar-refractivity contribution is 9.10. The summed E-state index contributed by atoms with van der Waals surface area (Å²) in [7, 11) is -3.16. The van der Waals surface area contributed by atoms with Crippen LogP contribution < -0.4 is 0 Å². The molecule has 0 N–H and O–H groups in total. The average molecular weight is 281 g/mol. The van der Waals surface area contributed by atoms with Gasteiger partial charge in [0.15, 0.2) is 9.84 Å². The van der Waals surface area contributed by atoms with Gasteiger partial charge in [-0.05, 0) is 12.1 Å². The number of sulfone groups is 1. The van der Waals surface area contributed by atoms with E-state index in [1.165, 1.54) is 12.1 Å². The van der Waals surface area contributed by atoms with Crippen molar-refractivity contribution in [3.05, 3.63) is 34.1 Å². The van der Waals surface area contributed by atoms with Crippen LogP contribution in [-0.4, -0.2) is 14.2 Å². The quantitative estimate of drug-likeness (QED) is 0.853. The smallest absolute Gasteiger partial charge is 0.154 e. The molecule has 0 unspecified atom stereocenters. The average Bonchev–Trinajstić information content (AvgIpc) is 2.10. The van der Waals surface area contributed by atoms with Crippen molar-refractivity contribution in [2.75, 3.05) is 5.75 Å². The molecule has 14 heavy (non-hydrogen) atoms. The van der Waals surface area contributed by atoms with Crippen LogP contribution in [0.25, 0.3) is 0 Å². The zero-order valence-corrected chi connectivity index (χ0v) is 10.0. The molecule has 0 aliphatic heterocycles. The van der Waals surface area contributed by atoms with Gasteiger partial charge in [0.05, 0.1) is 5.75 Å². The predicted octanol–water partition coefficient (Wildman–Crippen LogP) is 2.52. The summed E-state index contributed by atoms with van der Waals surface area (Å²) in [5, 5.41) is 0. The fraction of sp³-hybridized carbons (Fsp3) is 0.333. The van der Waals surface area contributed by atoms with Gasteiger partial charge in [-0.2, -0.15) is 0 Å². The Bertz CT molecular complexity index is 428. The predicted molar refractivity (Wildman–Crippen MR) is 57.3 cm³/mol. The molecule has 0 spiro atoms. The van der Waals surface area contributed by atoms with Gasteiger partial charge in [-0.3, -0.25) is 0 Å². The Labute approximate surface area is 91.2 Å². The first-order valence-corrected chi connectivity index (χ1v) is 6.70. The molecule has 0 heterocycles. The molecule has 0 atom stereocenters. The van der Waals surface area contributed by atoms with E-state index in [0.29, 0.717) is 4.47 Å². The summed E-state index contributed by atoms with van der Waals surface area (Å²) in [6.45, 7) is 1.55. The fourth-order valence-electron chi connectivity index (χ4n) is 0.978. The van der Waals surface area contributed by atoms with Crippen LogP contribution in [-0.2, 0) is 15.6 Å². The van der Waals surface area contributed by atoms with Crippen molar-refractivity contribution in [1.82, 2.24) is 0 Å². The SMILES string of the molecule is CCS(=O)(=O)Cc1ccc(Br)cc1F. The van der Waals surface area contributed by atoms with Crippen molar-refractivity contribution in [1.29, 1.82) is 0 Å². The molecular formula is C9H10BrFO2S. The molecule has 1 rings (SSSR count). The van der Waals surface area contributed by atoms with Gasteiger partial charge in [-0.1, -0.05) is 28.9 Å². The number of hydrogen-bond acceptors (Lipinski definition) is 2. The van der Waals surface area contributed by atoms with Crippen LogP contribution in [0.4, 0.5) is 4.39 Å². The molecule has 78 valence electrons. The van der Waals surface area contributed by atoms with Crippen LogP contribution >= 0.6 is 15.9 Å². The van der Waals surface area contributed by atoms with E-state index in [1.807, 2.05) is 0 Å². The molecule has 0 aromatic heterocycles. The van der Waals surface area contributed by atoms with Crippen LogP contribution in [0.3, 0.4) is 0 Å². The Balaban J connectivity index is 2.99. The molecule has 0 saturated carbocycles. The summed E-state index contributed by atoms with van der Waals surface area (Å²) >= 11 is 3.10. The van der Waals surface area contributed by atoms with Gasteiger partial charge < -0.3 is 0 Å². The van der Waals surface area contributed by atoms with E-state index in [2.05, 4.69) is 15.9 Å². The normalized spacial score (nSPS) is 11.6. The first-order chi connectivity index (χ1) is 6.44. The lowest BCUT2D eigenvalue weighted by Crippen LogP contribution is -2.07. The third-order valence-corrected chi connectivity index (χ3v) is 3.95. The van der Waals surface area contributed by atoms with E-state index in [9.17, 15) is 12.8 Å². The maximum atomic E-state index is 13.2. The number of rotatable bonds is 3. The molecule has 5 heteroatoms. The molecule has 1 aromatic rings. The van der Waals surface area contributed by atoms with Crippen molar-refractivity contribution in [2.24, 2.45) is 0 Å². The van der Waals surface area contributed by atoms with Crippen molar-refractivity contribution >= 4 is 25.8 Å². The molecule has 0 amide bonds. The standard InChI is InChI=1S/C9H10BrFO2S/c1-2-14(12,13)6-7-3-4-8(10)5-9(7)11/h3-5H,2,6H2,1H3. The van der Waals surface area contributed by atoms with Crippen molar-refractivity contribution in [3.63, 3.8) is 0 Å². The minimum atomic E-state index is -3.16. The molecule has 0 radical (unpaired) electrons. The lowest BCUT2D eigenvalue weighted by atomic mass is 10.2. The second kappa shape index (κ2) is 4.40. The van der Waals surface area contributed by atoms with Gasteiger partial charge in [-0.15, -0.1) is 0 Å². The Kier molecular flexibility index (Phi) is 3.66. The zero-order valence-electron chi connectivity index (χ0n) is 7.63. The molecule has 0 bridgehead atoms. The lowest BCUT2D eigenvalue weighted by molar-refractivity contribution is 0.588. The second-order valence-corrected chi connectivity index (χ2v) is 6.18. The third kappa shape index (κ3) is 3.06. The summed E-state index contributed by atoms with van der Waals surface area (Å²) in [5.41, 5.74) is 0.218. The minimum Gasteiger partial charge on any atom is -0.229 e. The maximum Gasteiger partial charge on any atom is 0.154 e. The van der Waals surface area contributed by atoms with Gasteiger partial charge in [-0.25, -0.2) is 12.8 Å². The van der Waals surface area contributed by atoms with Crippen LogP contribution in [0.5, 0.6) is 0 Å². The van der Waals surface area contributed by atoms with E-state index in [0.717, 1.165) is 0 Å². The van der Waals surface area contributed by atoms with Crippen LogP contribution in [0.15, 0.2) is 22.7 Å². The summed E-state index contributed by atoms with van der Waals surface area (Å²) in [5.74, 6) is -0.693. The van der Waals surface area contributed by atoms with E-state index < -0.39 is 15.7 Å². The van der Waals surface area contributed by atoms with Gasteiger partial charge >= 0.3 is 0 Å². The molecular weight excluding hydrogens is 271 g/mol. The first kappa shape index (κ1) is 11.7. The largest absolute Gasteiger partial charge is 0.229 e. The molecule has 0 fully saturated rings. The summed E-state index contributed by atoms with van der Waals surface area (Å²) < 4.78 is 36.3. The Morgan fingerprint density at radius 2 is 2.07 bits per heavy atom. The summed E-state index contributed by atoms with van der Waals surface area (Å²) in [4.78, 5) is 0. The van der Waals surface area contributed by atoms with Crippen LogP contribution in [0, 0.1) is 5.82 Å².